The first kappa shape index (κ1) is 13.8. The number of aromatic nitrogens is 2. The van der Waals surface area contributed by atoms with Crippen molar-refractivity contribution in [1.29, 1.82) is 0 Å². The molecule has 0 aliphatic rings. The molecule has 2 aromatic rings. The average molecular weight is 295 g/mol. The Kier molecular flexibility index (Phi) is 4.39. The Hall–Kier alpha value is -1.59. The third-order valence-corrected chi connectivity index (χ3v) is 3.27. The molecule has 4 nitrogen and oxygen atoms in total. The molecule has 0 bridgehead atoms. The minimum Gasteiger partial charge on any atom is -0.357 e. The van der Waals surface area contributed by atoms with Gasteiger partial charge in [-0.25, -0.2) is 0 Å². The van der Waals surface area contributed by atoms with E-state index in [1.165, 1.54) is 5.56 Å². The Morgan fingerprint density at radius 1 is 1.47 bits per heavy atom. The highest BCUT2D eigenvalue weighted by Gasteiger charge is 2.06. The first-order chi connectivity index (χ1) is 9.06. The van der Waals surface area contributed by atoms with Gasteiger partial charge in [0.25, 0.3) is 0 Å². The Labute approximate surface area is 122 Å². The van der Waals surface area contributed by atoms with Crippen LogP contribution in [0.4, 0.5) is 5.69 Å². The first-order valence-corrected chi connectivity index (χ1v) is 6.63. The van der Waals surface area contributed by atoms with Crippen molar-refractivity contribution in [2.45, 2.75) is 13.5 Å². The molecular formula is C13H15ClN4S. The second kappa shape index (κ2) is 6.04. The lowest BCUT2D eigenvalue weighted by atomic mass is 10.2. The van der Waals surface area contributed by atoms with Crippen LogP contribution in [0.25, 0.3) is 0 Å². The zero-order valence-electron chi connectivity index (χ0n) is 10.8. The van der Waals surface area contributed by atoms with Gasteiger partial charge in [-0.05, 0) is 36.8 Å². The fraction of sp³-hybridized carbons (Fsp3) is 0.231. The molecule has 2 rings (SSSR count). The second-order valence-corrected chi connectivity index (χ2v) is 5.06. The molecule has 6 heteroatoms. The molecule has 0 fully saturated rings. The van der Waals surface area contributed by atoms with Gasteiger partial charge in [-0.2, -0.15) is 5.10 Å². The zero-order chi connectivity index (χ0) is 13.8. The minimum absolute atomic E-state index is 0.535. The quantitative estimate of drug-likeness (QED) is 0.854. The maximum absolute atomic E-state index is 6.02. The van der Waals surface area contributed by atoms with Gasteiger partial charge in [-0.3, -0.25) is 4.68 Å². The molecule has 0 atom stereocenters. The van der Waals surface area contributed by atoms with Crippen LogP contribution in [0.3, 0.4) is 0 Å². The number of thiocarbonyl (C=S) groups is 1. The van der Waals surface area contributed by atoms with Gasteiger partial charge < -0.3 is 10.6 Å². The summed E-state index contributed by atoms with van der Waals surface area (Å²) in [5.74, 6) is 0. The molecule has 0 spiro atoms. The van der Waals surface area contributed by atoms with E-state index in [9.17, 15) is 0 Å². The average Bonchev–Trinajstić information content (AvgIpc) is 2.67. The van der Waals surface area contributed by atoms with Gasteiger partial charge in [0.1, 0.15) is 0 Å². The molecule has 1 heterocycles. The lowest BCUT2D eigenvalue weighted by molar-refractivity contribution is 0.695. The molecule has 19 heavy (non-hydrogen) atoms. The third kappa shape index (κ3) is 3.68. The molecular weight excluding hydrogens is 280 g/mol. The molecule has 0 unspecified atom stereocenters. The van der Waals surface area contributed by atoms with Crippen LogP contribution in [-0.4, -0.2) is 14.9 Å². The Balaban J connectivity index is 1.92. The summed E-state index contributed by atoms with van der Waals surface area (Å²) >= 11 is 11.3. The van der Waals surface area contributed by atoms with Crippen molar-refractivity contribution in [3.05, 3.63) is 46.7 Å². The monoisotopic (exact) mass is 294 g/mol. The summed E-state index contributed by atoms with van der Waals surface area (Å²) in [4.78, 5) is 0. The first-order valence-electron chi connectivity index (χ1n) is 5.84. The third-order valence-electron chi connectivity index (χ3n) is 2.70. The number of aryl methyl sites for hydroxylation is 2. The molecule has 0 aliphatic heterocycles. The summed E-state index contributed by atoms with van der Waals surface area (Å²) in [5, 5.41) is 11.5. The van der Waals surface area contributed by atoms with E-state index >= 15 is 0 Å². The number of benzene rings is 1. The zero-order valence-corrected chi connectivity index (χ0v) is 12.3. The number of halogens is 1. The van der Waals surface area contributed by atoms with E-state index in [4.69, 9.17) is 23.8 Å². The maximum atomic E-state index is 6.02. The van der Waals surface area contributed by atoms with Crippen molar-refractivity contribution in [3.63, 3.8) is 0 Å². The van der Waals surface area contributed by atoms with Crippen LogP contribution in [-0.2, 0) is 13.6 Å². The number of nitrogens with one attached hydrogen (secondary N) is 2. The number of hydrogen-bond acceptors (Lipinski definition) is 2. The minimum atomic E-state index is 0.535. The molecule has 0 amide bonds. The van der Waals surface area contributed by atoms with E-state index in [0.29, 0.717) is 16.7 Å². The van der Waals surface area contributed by atoms with Crippen LogP contribution in [0.15, 0.2) is 30.5 Å². The van der Waals surface area contributed by atoms with Gasteiger partial charge >= 0.3 is 0 Å². The van der Waals surface area contributed by atoms with Gasteiger partial charge in [0.05, 0.1) is 23.5 Å². The Bertz CT molecular complexity index is 575. The van der Waals surface area contributed by atoms with Crippen LogP contribution in [0.5, 0.6) is 0 Å². The van der Waals surface area contributed by atoms with Crippen molar-refractivity contribution >= 4 is 34.6 Å². The summed E-state index contributed by atoms with van der Waals surface area (Å²) in [5.41, 5.74) is 3.05. The van der Waals surface area contributed by atoms with Crippen molar-refractivity contribution in [2.24, 2.45) is 7.05 Å². The molecule has 0 saturated carbocycles. The van der Waals surface area contributed by atoms with Crippen LogP contribution >= 0.6 is 23.8 Å². The summed E-state index contributed by atoms with van der Waals surface area (Å²) in [6, 6.07) is 8.03. The van der Waals surface area contributed by atoms with E-state index in [2.05, 4.69) is 15.7 Å². The van der Waals surface area contributed by atoms with Gasteiger partial charge in [0.2, 0.25) is 0 Å². The van der Waals surface area contributed by atoms with E-state index < -0.39 is 0 Å². The SMILES string of the molecule is Cc1cccc(NC(=S)NCc2c(Cl)cnn2C)c1. The van der Waals surface area contributed by atoms with Gasteiger partial charge in [-0.1, -0.05) is 23.7 Å². The van der Waals surface area contributed by atoms with E-state index in [0.717, 1.165) is 11.4 Å². The highest BCUT2D eigenvalue weighted by atomic mass is 35.5. The van der Waals surface area contributed by atoms with Crippen molar-refractivity contribution in [3.8, 4) is 0 Å². The maximum Gasteiger partial charge on any atom is 0.171 e. The van der Waals surface area contributed by atoms with Gasteiger partial charge in [-0.15, -0.1) is 0 Å². The number of rotatable bonds is 3. The molecule has 0 saturated heterocycles. The summed E-state index contributed by atoms with van der Waals surface area (Å²) < 4.78 is 1.73. The largest absolute Gasteiger partial charge is 0.357 e. The van der Waals surface area contributed by atoms with Crippen molar-refractivity contribution in [2.75, 3.05) is 5.32 Å². The normalized spacial score (nSPS) is 10.3. The van der Waals surface area contributed by atoms with Crippen LogP contribution < -0.4 is 10.6 Å². The van der Waals surface area contributed by atoms with Crippen LogP contribution in [0.1, 0.15) is 11.3 Å². The predicted molar refractivity (Wildman–Crippen MR) is 82.5 cm³/mol. The highest BCUT2D eigenvalue weighted by Crippen LogP contribution is 2.13. The number of hydrogen-bond donors (Lipinski definition) is 2. The van der Waals surface area contributed by atoms with Gasteiger partial charge in [0.15, 0.2) is 5.11 Å². The number of nitrogens with zero attached hydrogens (tertiary/aromatic N) is 2. The van der Waals surface area contributed by atoms with Crippen molar-refractivity contribution in [1.82, 2.24) is 15.1 Å². The molecule has 1 aromatic heterocycles. The second-order valence-electron chi connectivity index (χ2n) is 4.24. The fourth-order valence-corrected chi connectivity index (χ4v) is 2.12. The van der Waals surface area contributed by atoms with Crippen LogP contribution in [0.2, 0.25) is 5.02 Å². The molecule has 1 aromatic carbocycles. The predicted octanol–water partition coefficient (Wildman–Crippen LogP) is 2.87. The highest BCUT2D eigenvalue weighted by molar-refractivity contribution is 7.80. The summed E-state index contributed by atoms with van der Waals surface area (Å²) in [6.07, 6.45) is 1.62. The Morgan fingerprint density at radius 3 is 2.89 bits per heavy atom. The summed E-state index contributed by atoms with van der Waals surface area (Å²) in [6.45, 7) is 2.57. The molecule has 2 N–H and O–H groups in total. The molecule has 0 aliphatic carbocycles. The summed E-state index contributed by atoms with van der Waals surface area (Å²) in [7, 11) is 1.85. The Morgan fingerprint density at radius 2 is 2.26 bits per heavy atom. The van der Waals surface area contributed by atoms with E-state index in [1.54, 1.807) is 10.9 Å². The smallest absolute Gasteiger partial charge is 0.171 e. The molecule has 0 radical (unpaired) electrons. The van der Waals surface area contributed by atoms with Crippen molar-refractivity contribution < 1.29 is 0 Å². The lowest BCUT2D eigenvalue weighted by Crippen LogP contribution is -2.28. The van der Waals surface area contributed by atoms with E-state index in [1.807, 2.05) is 38.2 Å². The lowest BCUT2D eigenvalue weighted by Gasteiger charge is -2.11. The molecule has 100 valence electrons. The van der Waals surface area contributed by atoms with E-state index in [-0.39, 0.29) is 0 Å². The fourth-order valence-electron chi connectivity index (χ4n) is 1.70. The number of anilines is 1. The standard InChI is InChI=1S/C13H15ClN4S/c1-9-4-3-5-10(6-9)17-13(19)15-8-12-11(14)7-16-18(12)2/h3-7H,8H2,1-2H3,(H2,15,17,19). The topological polar surface area (TPSA) is 41.9 Å². The van der Waals surface area contributed by atoms with Gasteiger partial charge in [0, 0.05) is 12.7 Å². The van der Waals surface area contributed by atoms with Crippen LogP contribution in [0, 0.1) is 6.92 Å².